The van der Waals surface area contributed by atoms with Gasteiger partial charge in [0.25, 0.3) is 5.91 Å². The number of carbonyl (C=O) groups excluding carboxylic acids is 5. The molecule has 5 aliphatic rings. The van der Waals surface area contributed by atoms with Gasteiger partial charge in [-0.2, -0.15) is 13.2 Å². The van der Waals surface area contributed by atoms with Gasteiger partial charge in [0, 0.05) is 25.3 Å². The minimum atomic E-state index is -4.88. The molecule has 5 amide bonds. The van der Waals surface area contributed by atoms with Gasteiger partial charge in [-0.05, 0) is 48.8 Å². The third-order valence-electron chi connectivity index (χ3n) is 9.78. The van der Waals surface area contributed by atoms with Crippen LogP contribution in [0.2, 0.25) is 0 Å². The van der Waals surface area contributed by atoms with Gasteiger partial charge in [0.1, 0.15) is 23.7 Å². The van der Waals surface area contributed by atoms with Crippen molar-refractivity contribution in [3.8, 4) is 0 Å². The van der Waals surface area contributed by atoms with E-state index in [1.54, 1.807) is 0 Å². The molecule has 3 fully saturated rings. The molecule has 1 saturated heterocycles. The van der Waals surface area contributed by atoms with Crippen molar-refractivity contribution in [2.24, 2.45) is 5.92 Å². The summed E-state index contributed by atoms with van der Waals surface area (Å²) >= 11 is 0. The summed E-state index contributed by atoms with van der Waals surface area (Å²) in [5.41, 5.74) is 0.932. The molecule has 0 unspecified atom stereocenters. The molecule has 6 rings (SSSR count). The quantitative estimate of drug-likeness (QED) is 0.361. The van der Waals surface area contributed by atoms with Crippen LogP contribution in [0.25, 0.3) is 6.08 Å². The number of halogens is 3. The lowest BCUT2D eigenvalue weighted by Crippen LogP contribution is -2.58. The van der Waals surface area contributed by atoms with Crippen LogP contribution in [-0.2, 0) is 47.0 Å². The zero-order chi connectivity index (χ0) is 36.0. The fourth-order valence-electron chi connectivity index (χ4n) is 6.83. The Morgan fingerprint density at radius 2 is 1.92 bits per heavy atom. The predicted octanol–water partition coefficient (Wildman–Crippen LogP) is 2.41. The van der Waals surface area contributed by atoms with E-state index >= 15 is 0 Å². The van der Waals surface area contributed by atoms with Crippen molar-refractivity contribution in [1.29, 1.82) is 0 Å². The predicted molar refractivity (Wildman–Crippen MR) is 171 cm³/mol. The number of ether oxygens (including phenoxy) is 1. The Morgan fingerprint density at radius 1 is 1.16 bits per heavy atom. The molecule has 1 aromatic rings. The van der Waals surface area contributed by atoms with E-state index in [1.807, 2.05) is 35.1 Å². The van der Waals surface area contributed by atoms with Crippen molar-refractivity contribution in [2.45, 2.75) is 99.6 Å². The van der Waals surface area contributed by atoms with Gasteiger partial charge in [0.2, 0.25) is 27.7 Å². The molecule has 4 bridgehead atoms. The van der Waals surface area contributed by atoms with Gasteiger partial charge in [0.05, 0.1) is 24.8 Å². The van der Waals surface area contributed by atoms with Crippen LogP contribution in [0.15, 0.2) is 36.9 Å². The molecule has 3 N–H and O–H groups in total. The first-order chi connectivity index (χ1) is 23.6. The maximum absolute atomic E-state index is 13.9. The number of fused-ring (bicyclic) bond motifs is 3. The number of sulfonamides is 1. The summed E-state index contributed by atoms with van der Waals surface area (Å²) in [7, 11) is -4.00. The van der Waals surface area contributed by atoms with Crippen LogP contribution in [0.3, 0.4) is 0 Å². The van der Waals surface area contributed by atoms with E-state index < -0.39 is 93.8 Å². The van der Waals surface area contributed by atoms with Crippen LogP contribution < -0.4 is 15.4 Å². The van der Waals surface area contributed by atoms with Crippen molar-refractivity contribution in [3.05, 3.63) is 53.6 Å². The van der Waals surface area contributed by atoms with E-state index in [9.17, 15) is 45.6 Å². The highest BCUT2D eigenvalue weighted by atomic mass is 32.2. The van der Waals surface area contributed by atoms with E-state index in [4.69, 9.17) is 4.74 Å². The van der Waals surface area contributed by atoms with Gasteiger partial charge < -0.3 is 20.3 Å². The van der Waals surface area contributed by atoms with E-state index in [0.29, 0.717) is 19.3 Å². The molecule has 0 aromatic heterocycles. The highest BCUT2D eigenvalue weighted by Gasteiger charge is 2.62. The molecule has 3 aliphatic heterocycles. The summed E-state index contributed by atoms with van der Waals surface area (Å²) in [4.78, 5) is 69.5. The van der Waals surface area contributed by atoms with Gasteiger partial charge in [-0.25, -0.2) is 13.2 Å². The first kappa shape index (κ1) is 35.4. The summed E-state index contributed by atoms with van der Waals surface area (Å²) in [6, 6.07) is 1.98. The first-order valence-corrected chi connectivity index (χ1v) is 18.0. The monoisotopic (exact) mass is 721 g/mol. The van der Waals surface area contributed by atoms with Crippen molar-refractivity contribution >= 4 is 45.8 Å². The molecular weight excluding hydrogens is 683 g/mol. The topological polar surface area (TPSA) is 171 Å². The molecule has 270 valence electrons. The molecule has 13 nitrogen and oxygen atoms in total. The Balaban J connectivity index is 1.28. The zero-order valence-electron chi connectivity index (χ0n) is 27.0. The molecule has 0 radical (unpaired) electrons. The third-order valence-corrected chi connectivity index (χ3v) is 11.6. The largest absolute Gasteiger partial charge is 0.444 e. The minimum absolute atomic E-state index is 0.00748. The number of allylic oxidation sites excluding steroid dienone is 1. The Morgan fingerprint density at radius 3 is 2.60 bits per heavy atom. The molecule has 3 heterocycles. The lowest BCUT2D eigenvalue weighted by atomic mass is 10.0. The van der Waals surface area contributed by atoms with Crippen LogP contribution in [0.4, 0.5) is 18.0 Å². The first-order valence-electron chi connectivity index (χ1n) is 16.5. The maximum atomic E-state index is 13.9. The Labute approximate surface area is 286 Å². The van der Waals surface area contributed by atoms with E-state index in [2.05, 4.69) is 17.2 Å². The van der Waals surface area contributed by atoms with E-state index in [1.165, 1.54) is 11.0 Å². The van der Waals surface area contributed by atoms with Crippen molar-refractivity contribution in [1.82, 2.24) is 25.2 Å². The summed E-state index contributed by atoms with van der Waals surface area (Å²) in [5, 5.41) is 3.99. The lowest BCUT2D eigenvalue weighted by molar-refractivity contribution is -0.157. The van der Waals surface area contributed by atoms with Crippen molar-refractivity contribution in [3.63, 3.8) is 0 Å². The SMILES string of the molecule is C=C[C@@H]1C[C@]1(NC(=O)[C@@H]1C[C@@H]2CN1C(=O)[C@H](CC(F)(F)F)NC(=O)CCCC=Cc1cccc3c1CN(C3)C(=O)O2)C(=O)NS(=O)(=O)C1CC1. The van der Waals surface area contributed by atoms with Crippen molar-refractivity contribution < 1.29 is 50.3 Å². The van der Waals surface area contributed by atoms with Crippen LogP contribution >= 0.6 is 0 Å². The van der Waals surface area contributed by atoms with Gasteiger partial charge in [0.15, 0.2) is 0 Å². The average Bonchev–Trinajstić information content (AvgIpc) is 3.93. The minimum Gasteiger partial charge on any atom is -0.444 e. The Hall–Kier alpha value is -4.41. The molecular formula is C33H38F3N5O8S. The fraction of sp³-hybridized carbons (Fsp3) is 0.545. The summed E-state index contributed by atoms with van der Waals surface area (Å²) in [5.74, 6) is -4.65. The molecule has 17 heteroatoms. The number of hydrogen-bond donors (Lipinski definition) is 3. The summed E-state index contributed by atoms with van der Waals surface area (Å²) in [6.07, 6.45) is -2.49. The lowest BCUT2D eigenvalue weighted by Gasteiger charge is -2.30. The van der Waals surface area contributed by atoms with Gasteiger partial charge in [-0.3, -0.25) is 28.8 Å². The number of benzene rings is 1. The van der Waals surface area contributed by atoms with Crippen LogP contribution in [0.1, 0.15) is 68.1 Å². The maximum Gasteiger partial charge on any atom is 0.410 e. The molecule has 1 aromatic carbocycles. The highest BCUT2D eigenvalue weighted by Crippen LogP contribution is 2.45. The molecule has 5 atom stereocenters. The molecule has 2 aliphatic carbocycles. The number of nitrogens with zero attached hydrogens (tertiary/aromatic N) is 2. The Kier molecular flexibility index (Phi) is 9.47. The summed E-state index contributed by atoms with van der Waals surface area (Å²) < 4.78 is 74.0. The Bertz CT molecular complexity index is 1750. The summed E-state index contributed by atoms with van der Waals surface area (Å²) in [6.45, 7) is 3.62. The second-order valence-corrected chi connectivity index (χ2v) is 15.5. The van der Waals surface area contributed by atoms with Crippen LogP contribution in [-0.4, -0.2) is 89.6 Å². The number of hydrogen-bond acceptors (Lipinski definition) is 8. The van der Waals surface area contributed by atoms with Gasteiger partial charge in [-0.15, -0.1) is 6.58 Å². The van der Waals surface area contributed by atoms with Gasteiger partial charge >= 0.3 is 12.3 Å². The smallest absolute Gasteiger partial charge is 0.410 e. The second kappa shape index (κ2) is 13.4. The third kappa shape index (κ3) is 7.51. The van der Waals surface area contributed by atoms with Gasteiger partial charge in [-0.1, -0.05) is 36.4 Å². The van der Waals surface area contributed by atoms with E-state index in [0.717, 1.165) is 21.6 Å². The molecule has 2 saturated carbocycles. The molecule has 0 spiro atoms. The second-order valence-electron chi connectivity index (χ2n) is 13.5. The average molecular weight is 722 g/mol. The normalized spacial score (nSPS) is 28.7. The molecule has 50 heavy (non-hydrogen) atoms. The zero-order valence-corrected chi connectivity index (χ0v) is 27.9. The highest BCUT2D eigenvalue weighted by molar-refractivity contribution is 7.91. The number of nitrogens with one attached hydrogen (secondary N) is 3. The standard InChI is InChI=1S/C33H38F3N5O8S/c1-2-21-14-32(21,30(45)39-50(47,48)23-11-12-23)38-28(43)26-13-22-17-41(26)29(44)25(15-33(34,35)36)37-27(42)10-5-3-4-7-19-8-6-9-20-16-40(18-24(19)20)31(46)49-22/h2,4,6-9,21-23,25-26H,1,3,5,10-18H2,(H,37,42)(H,38,43)(H,39,45)/t21-,22-,25+,26+,32-/m1/s1. The fourth-order valence-corrected chi connectivity index (χ4v) is 8.20. The van der Waals surface area contributed by atoms with Crippen molar-refractivity contribution in [2.75, 3.05) is 6.54 Å². The number of carbonyl (C=O) groups is 5. The van der Waals surface area contributed by atoms with E-state index in [-0.39, 0.29) is 38.8 Å². The number of rotatable bonds is 7. The number of amides is 5. The van der Waals surface area contributed by atoms with Crippen LogP contribution in [0, 0.1) is 5.92 Å². The number of alkyl halides is 3. The van der Waals surface area contributed by atoms with Crippen LogP contribution in [0.5, 0.6) is 0 Å².